The number of benzene rings is 1. The first-order valence-corrected chi connectivity index (χ1v) is 8.31. The molecule has 1 aromatic carbocycles. The van der Waals surface area contributed by atoms with Crippen molar-refractivity contribution in [1.82, 2.24) is 4.90 Å². The number of hydrogen-bond acceptors (Lipinski definition) is 4. The van der Waals surface area contributed by atoms with Gasteiger partial charge in [-0.25, -0.2) is 4.79 Å². The highest BCUT2D eigenvalue weighted by atomic mass is 16.5. The molecule has 0 atom stereocenters. The lowest BCUT2D eigenvalue weighted by molar-refractivity contribution is -0.147. The van der Waals surface area contributed by atoms with E-state index in [2.05, 4.69) is 11.8 Å². The minimum Gasteiger partial charge on any atom is -0.481 e. The van der Waals surface area contributed by atoms with Gasteiger partial charge in [0.1, 0.15) is 0 Å². The van der Waals surface area contributed by atoms with Crippen LogP contribution >= 0.6 is 0 Å². The second-order valence-electron chi connectivity index (χ2n) is 6.12. The number of carbonyl (C=O) groups excluding carboxylic acids is 1. The smallest absolute Gasteiger partial charge is 0.338 e. The molecule has 126 valence electrons. The lowest BCUT2D eigenvalue weighted by atomic mass is 9.99. The first-order chi connectivity index (χ1) is 11.1. The molecule has 0 saturated carbocycles. The zero-order chi connectivity index (χ0) is 16.7. The summed E-state index contributed by atoms with van der Waals surface area (Å²) in [5.74, 6) is -1.24. The van der Waals surface area contributed by atoms with Crippen molar-refractivity contribution in [3.05, 3.63) is 35.4 Å². The van der Waals surface area contributed by atoms with Gasteiger partial charge in [0.2, 0.25) is 0 Å². The van der Waals surface area contributed by atoms with Crippen molar-refractivity contribution in [2.24, 2.45) is 5.92 Å². The maximum atomic E-state index is 11.9. The van der Waals surface area contributed by atoms with Crippen LogP contribution < -0.4 is 0 Å². The maximum Gasteiger partial charge on any atom is 0.338 e. The van der Waals surface area contributed by atoms with Gasteiger partial charge >= 0.3 is 11.9 Å². The van der Waals surface area contributed by atoms with Crippen molar-refractivity contribution in [3.63, 3.8) is 0 Å². The summed E-state index contributed by atoms with van der Waals surface area (Å²) in [6, 6.07) is 7.36. The molecular weight excluding hydrogens is 294 g/mol. The van der Waals surface area contributed by atoms with E-state index < -0.39 is 5.97 Å². The van der Waals surface area contributed by atoms with E-state index in [0.717, 1.165) is 24.9 Å². The topological polar surface area (TPSA) is 66.8 Å². The second-order valence-corrected chi connectivity index (χ2v) is 6.12. The molecule has 1 N–H and O–H groups in total. The first kappa shape index (κ1) is 17.5. The van der Waals surface area contributed by atoms with Gasteiger partial charge < -0.3 is 9.84 Å². The van der Waals surface area contributed by atoms with E-state index in [9.17, 15) is 9.59 Å². The minimum absolute atomic E-state index is 0.239. The molecule has 5 nitrogen and oxygen atoms in total. The molecule has 1 aliphatic rings. The van der Waals surface area contributed by atoms with Crippen LogP contribution in [0.4, 0.5) is 0 Å². The third kappa shape index (κ3) is 5.36. The number of ether oxygens (including phenoxy) is 1. The molecule has 0 aromatic heterocycles. The zero-order valence-corrected chi connectivity index (χ0v) is 13.7. The number of hydrogen-bond donors (Lipinski definition) is 1. The molecule has 5 heteroatoms. The van der Waals surface area contributed by atoms with E-state index >= 15 is 0 Å². The monoisotopic (exact) mass is 319 g/mol. The molecule has 0 spiro atoms. The Balaban J connectivity index is 1.71. The van der Waals surface area contributed by atoms with Crippen molar-refractivity contribution in [2.75, 3.05) is 19.7 Å². The maximum absolute atomic E-state index is 11.9. The van der Waals surface area contributed by atoms with Crippen LogP contribution in [0.2, 0.25) is 0 Å². The van der Waals surface area contributed by atoms with Gasteiger partial charge in [-0.3, -0.25) is 9.69 Å². The number of likely N-dealkylation sites (tertiary alicyclic amines) is 1. The molecule has 2 rings (SSSR count). The van der Waals surface area contributed by atoms with Crippen LogP contribution in [0.1, 0.15) is 48.5 Å². The molecule has 0 unspecified atom stereocenters. The van der Waals surface area contributed by atoms with Gasteiger partial charge in [-0.15, -0.1) is 0 Å². The van der Waals surface area contributed by atoms with Gasteiger partial charge in [0, 0.05) is 19.6 Å². The standard InChI is InChI=1S/C18H25NO4/c1-2-3-4-5-10-23-18(22)15-8-6-14(7-9-15)11-19-12-16(13-19)17(20)21/h6-9,16H,2-5,10-13H2,1H3,(H,20,21). The van der Waals surface area contributed by atoms with E-state index in [1.165, 1.54) is 12.8 Å². The Labute approximate surface area is 137 Å². The molecule has 0 amide bonds. The number of rotatable bonds is 9. The van der Waals surface area contributed by atoms with E-state index in [4.69, 9.17) is 9.84 Å². The van der Waals surface area contributed by atoms with Gasteiger partial charge in [0.15, 0.2) is 0 Å². The Morgan fingerprint density at radius 2 is 1.87 bits per heavy atom. The molecule has 1 fully saturated rings. The molecule has 1 saturated heterocycles. The van der Waals surface area contributed by atoms with E-state index in [-0.39, 0.29) is 11.9 Å². The third-order valence-electron chi connectivity index (χ3n) is 4.13. The number of aliphatic carboxylic acids is 1. The van der Waals surface area contributed by atoms with Crippen LogP contribution in [-0.2, 0) is 16.1 Å². The summed E-state index contributed by atoms with van der Waals surface area (Å²) in [5.41, 5.74) is 1.64. The van der Waals surface area contributed by atoms with Crippen LogP contribution in [0.25, 0.3) is 0 Å². The fraction of sp³-hybridized carbons (Fsp3) is 0.556. The summed E-state index contributed by atoms with van der Waals surface area (Å²) in [5, 5.41) is 8.86. The van der Waals surface area contributed by atoms with E-state index in [1.807, 2.05) is 12.1 Å². The molecule has 1 heterocycles. The van der Waals surface area contributed by atoms with E-state index in [0.29, 0.717) is 25.3 Å². The average molecular weight is 319 g/mol. The Morgan fingerprint density at radius 1 is 1.17 bits per heavy atom. The van der Waals surface area contributed by atoms with Gasteiger partial charge in [-0.2, -0.15) is 0 Å². The predicted octanol–water partition coefficient (Wildman–Crippen LogP) is 2.94. The predicted molar refractivity (Wildman–Crippen MR) is 87.3 cm³/mol. The normalized spacial score (nSPS) is 15.2. The third-order valence-corrected chi connectivity index (χ3v) is 4.13. The van der Waals surface area contributed by atoms with Gasteiger partial charge in [0.05, 0.1) is 18.1 Å². The van der Waals surface area contributed by atoms with Crippen molar-refractivity contribution in [2.45, 2.75) is 39.2 Å². The Hall–Kier alpha value is -1.88. The number of carboxylic acids is 1. The van der Waals surface area contributed by atoms with Gasteiger partial charge in [0.25, 0.3) is 0 Å². The molecular formula is C18H25NO4. The largest absolute Gasteiger partial charge is 0.481 e. The second kappa shape index (κ2) is 8.67. The molecule has 0 aliphatic carbocycles. The first-order valence-electron chi connectivity index (χ1n) is 8.31. The number of unbranched alkanes of at least 4 members (excludes halogenated alkanes) is 3. The highest BCUT2D eigenvalue weighted by molar-refractivity contribution is 5.89. The SMILES string of the molecule is CCCCCCOC(=O)c1ccc(CN2CC(C(=O)O)C2)cc1. The molecule has 0 bridgehead atoms. The molecule has 0 radical (unpaired) electrons. The average Bonchev–Trinajstić information content (AvgIpc) is 2.50. The quantitative estimate of drug-likeness (QED) is 0.560. The summed E-state index contributed by atoms with van der Waals surface area (Å²) >= 11 is 0. The Bertz CT molecular complexity index is 520. The summed E-state index contributed by atoms with van der Waals surface area (Å²) in [7, 11) is 0. The lowest BCUT2D eigenvalue weighted by Gasteiger charge is -2.36. The van der Waals surface area contributed by atoms with Crippen LogP contribution in [0.3, 0.4) is 0 Å². The lowest BCUT2D eigenvalue weighted by Crippen LogP contribution is -2.49. The Morgan fingerprint density at radius 3 is 2.48 bits per heavy atom. The zero-order valence-electron chi connectivity index (χ0n) is 13.7. The minimum atomic E-state index is -0.724. The highest BCUT2D eigenvalue weighted by Crippen LogP contribution is 2.19. The van der Waals surface area contributed by atoms with Crippen LogP contribution in [-0.4, -0.2) is 41.6 Å². The van der Waals surface area contributed by atoms with Crippen molar-refractivity contribution in [1.29, 1.82) is 0 Å². The highest BCUT2D eigenvalue weighted by Gasteiger charge is 2.32. The summed E-state index contributed by atoms with van der Waals surface area (Å²) in [6.45, 7) is 4.53. The fourth-order valence-electron chi connectivity index (χ4n) is 2.64. The van der Waals surface area contributed by atoms with Crippen molar-refractivity contribution < 1.29 is 19.4 Å². The van der Waals surface area contributed by atoms with Gasteiger partial charge in [-0.05, 0) is 24.1 Å². The van der Waals surface area contributed by atoms with Crippen LogP contribution in [0, 0.1) is 5.92 Å². The molecule has 1 aromatic rings. The molecule has 23 heavy (non-hydrogen) atoms. The fourth-order valence-corrected chi connectivity index (χ4v) is 2.64. The van der Waals surface area contributed by atoms with Gasteiger partial charge in [-0.1, -0.05) is 38.3 Å². The number of carboxylic acid groups (broad SMARTS) is 1. The molecule has 1 aliphatic heterocycles. The van der Waals surface area contributed by atoms with Crippen LogP contribution in [0.5, 0.6) is 0 Å². The summed E-state index contributed by atoms with van der Waals surface area (Å²) in [4.78, 5) is 24.7. The summed E-state index contributed by atoms with van der Waals surface area (Å²) < 4.78 is 5.25. The number of esters is 1. The summed E-state index contributed by atoms with van der Waals surface area (Å²) in [6.07, 6.45) is 4.35. The number of carbonyl (C=O) groups is 2. The van der Waals surface area contributed by atoms with E-state index in [1.54, 1.807) is 12.1 Å². The number of nitrogens with zero attached hydrogens (tertiary/aromatic N) is 1. The van der Waals surface area contributed by atoms with Crippen LogP contribution in [0.15, 0.2) is 24.3 Å². The van der Waals surface area contributed by atoms with Crippen molar-refractivity contribution >= 4 is 11.9 Å². The van der Waals surface area contributed by atoms with Crippen molar-refractivity contribution in [3.8, 4) is 0 Å². The Kier molecular flexibility index (Phi) is 6.59.